The van der Waals surface area contributed by atoms with E-state index in [1.165, 1.54) is 0 Å². The molecule has 0 radical (unpaired) electrons. The first kappa shape index (κ1) is 17.0. The Kier molecular flexibility index (Phi) is 6.48. The minimum absolute atomic E-state index is 0.241. The smallest absolute Gasteiger partial charge is 0.323 e. The van der Waals surface area contributed by atoms with E-state index in [1.54, 1.807) is 6.92 Å². The van der Waals surface area contributed by atoms with Gasteiger partial charge in [-0.25, -0.2) is 0 Å². The lowest BCUT2D eigenvalue weighted by Crippen LogP contribution is -2.46. The van der Waals surface area contributed by atoms with Crippen molar-refractivity contribution in [2.75, 3.05) is 19.7 Å². The van der Waals surface area contributed by atoms with Gasteiger partial charge in [0.05, 0.1) is 12.7 Å². The molecule has 1 saturated heterocycles. The van der Waals surface area contributed by atoms with Gasteiger partial charge in [0.1, 0.15) is 5.92 Å². The molecule has 1 rings (SSSR count). The van der Waals surface area contributed by atoms with Gasteiger partial charge in [-0.15, -0.1) is 0 Å². The Bertz CT molecular complexity index is 346. The summed E-state index contributed by atoms with van der Waals surface area (Å²) in [7, 11) is 0. The molecule has 20 heavy (non-hydrogen) atoms. The molecule has 4 nitrogen and oxygen atoms in total. The highest BCUT2D eigenvalue weighted by atomic mass is 16.5. The second-order valence-corrected chi connectivity index (χ2v) is 6.61. The van der Waals surface area contributed by atoms with Crippen LogP contribution in [0.5, 0.6) is 0 Å². The molecule has 1 heterocycles. The number of likely N-dealkylation sites (tertiary alicyclic amines) is 1. The molecule has 1 aliphatic heterocycles. The van der Waals surface area contributed by atoms with E-state index >= 15 is 0 Å². The number of ether oxygens (including phenoxy) is 1. The van der Waals surface area contributed by atoms with Crippen LogP contribution in [-0.2, 0) is 9.53 Å². The van der Waals surface area contributed by atoms with Crippen molar-refractivity contribution >= 4 is 5.97 Å². The second-order valence-electron chi connectivity index (χ2n) is 6.61. The van der Waals surface area contributed by atoms with Crippen LogP contribution >= 0.6 is 0 Å². The van der Waals surface area contributed by atoms with E-state index in [4.69, 9.17) is 10.00 Å². The molecule has 0 spiro atoms. The van der Waals surface area contributed by atoms with Gasteiger partial charge in [0.15, 0.2) is 0 Å². The highest BCUT2D eigenvalue weighted by Gasteiger charge is 2.28. The van der Waals surface area contributed by atoms with Gasteiger partial charge < -0.3 is 4.74 Å². The van der Waals surface area contributed by atoms with E-state index in [0.717, 1.165) is 32.4 Å². The Balaban J connectivity index is 2.34. The topological polar surface area (TPSA) is 53.3 Å². The third-order valence-electron chi connectivity index (χ3n) is 4.15. The molecule has 1 atom stereocenters. The molecule has 1 aliphatic rings. The summed E-state index contributed by atoms with van der Waals surface area (Å²) in [5, 5.41) is 9.04. The third-order valence-corrected chi connectivity index (χ3v) is 4.15. The first-order chi connectivity index (χ1) is 9.38. The normalized spacial score (nSPS) is 19.4. The monoisotopic (exact) mass is 280 g/mol. The van der Waals surface area contributed by atoms with Crippen LogP contribution in [0.25, 0.3) is 0 Å². The van der Waals surface area contributed by atoms with Crippen molar-refractivity contribution in [2.45, 2.75) is 58.9 Å². The average Bonchev–Trinajstić information content (AvgIpc) is 2.39. The molecule has 0 amide bonds. The van der Waals surface area contributed by atoms with E-state index in [1.807, 2.05) is 0 Å². The largest absolute Gasteiger partial charge is 0.465 e. The Morgan fingerprint density at radius 3 is 2.45 bits per heavy atom. The minimum atomic E-state index is -0.587. The molecular weight excluding hydrogens is 252 g/mol. The number of carbonyl (C=O) groups excluding carboxylic acids is 1. The number of carbonyl (C=O) groups is 1. The van der Waals surface area contributed by atoms with Crippen LogP contribution in [-0.4, -0.2) is 36.1 Å². The molecule has 0 aromatic rings. The minimum Gasteiger partial charge on any atom is -0.465 e. The van der Waals surface area contributed by atoms with Crippen molar-refractivity contribution in [3.63, 3.8) is 0 Å². The first-order valence-corrected chi connectivity index (χ1v) is 7.69. The Labute approximate surface area is 123 Å². The van der Waals surface area contributed by atoms with Crippen molar-refractivity contribution in [3.05, 3.63) is 0 Å². The zero-order valence-electron chi connectivity index (χ0n) is 13.3. The zero-order valence-corrected chi connectivity index (χ0v) is 13.3. The fourth-order valence-electron chi connectivity index (χ4n) is 2.77. The maximum atomic E-state index is 11.6. The molecule has 0 aromatic carbocycles. The number of nitrogens with zero attached hydrogens (tertiary/aromatic N) is 2. The van der Waals surface area contributed by atoms with E-state index in [0.29, 0.717) is 18.9 Å². The summed E-state index contributed by atoms with van der Waals surface area (Å²) in [6, 6.07) is 2.07. The second kappa shape index (κ2) is 7.64. The van der Waals surface area contributed by atoms with Crippen LogP contribution in [0.4, 0.5) is 0 Å². The van der Waals surface area contributed by atoms with Gasteiger partial charge in [-0.3, -0.25) is 9.69 Å². The molecule has 114 valence electrons. The van der Waals surface area contributed by atoms with Gasteiger partial charge in [0.2, 0.25) is 0 Å². The van der Waals surface area contributed by atoms with Crippen LogP contribution in [0.1, 0.15) is 53.4 Å². The molecule has 1 unspecified atom stereocenters. The summed E-state index contributed by atoms with van der Waals surface area (Å²) in [5.41, 5.74) is 0.241. The van der Waals surface area contributed by atoms with Crippen LogP contribution < -0.4 is 0 Å². The summed E-state index contributed by atoms with van der Waals surface area (Å²) < 4.78 is 4.93. The van der Waals surface area contributed by atoms with Gasteiger partial charge in [0.25, 0.3) is 0 Å². The molecule has 0 aromatic heterocycles. The Hall–Kier alpha value is -1.08. The summed E-state index contributed by atoms with van der Waals surface area (Å²) in [4.78, 5) is 14.1. The van der Waals surface area contributed by atoms with E-state index < -0.39 is 5.92 Å². The quantitative estimate of drug-likeness (QED) is 0.726. The van der Waals surface area contributed by atoms with E-state index in [2.05, 4.69) is 31.7 Å². The van der Waals surface area contributed by atoms with Gasteiger partial charge in [-0.05, 0) is 72.4 Å². The third kappa shape index (κ3) is 5.13. The molecule has 0 saturated carbocycles. The van der Waals surface area contributed by atoms with Gasteiger partial charge in [0, 0.05) is 5.54 Å². The maximum absolute atomic E-state index is 11.6. The molecule has 0 N–H and O–H groups in total. The lowest BCUT2D eigenvalue weighted by atomic mass is 9.87. The van der Waals surface area contributed by atoms with Crippen molar-refractivity contribution in [1.29, 1.82) is 5.26 Å². The molecule has 0 aliphatic carbocycles. The number of hydrogen-bond donors (Lipinski definition) is 0. The number of hydrogen-bond acceptors (Lipinski definition) is 4. The van der Waals surface area contributed by atoms with Crippen molar-refractivity contribution < 1.29 is 9.53 Å². The molecule has 4 heteroatoms. The van der Waals surface area contributed by atoms with Crippen molar-refractivity contribution in [2.24, 2.45) is 11.8 Å². The maximum Gasteiger partial charge on any atom is 0.323 e. The fraction of sp³-hybridized carbons (Fsp3) is 0.875. The lowest BCUT2D eigenvalue weighted by Gasteiger charge is -2.41. The van der Waals surface area contributed by atoms with E-state index in [9.17, 15) is 4.79 Å². The number of esters is 1. The molecular formula is C16H28N2O2. The summed E-state index contributed by atoms with van der Waals surface area (Å²) in [5.74, 6) is -0.309. The standard InChI is InChI=1S/C16H28N2O2/c1-5-20-15(19)14(12-17)7-6-13-8-10-18(11-9-13)16(2,3)4/h13-14H,5-11H2,1-4H3. The number of piperidine rings is 1. The van der Waals surface area contributed by atoms with Gasteiger partial charge >= 0.3 is 5.97 Å². The Morgan fingerprint density at radius 2 is 2.00 bits per heavy atom. The SMILES string of the molecule is CCOC(=O)C(C#N)CCC1CCN(C(C)(C)C)CC1. The zero-order chi connectivity index (χ0) is 15.2. The Morgan fingerprint density at radius 1 is 1.40 bits per heavy atom. The van der Waals surface area contributed by atoms with E-state index in [-0.39, 0.29) is 11.5 Å². The number of nitriles is 1. The van der Waals surface area contributed by atoms with Crippen molar-refractivity contribution in [3.8, 4) is 6.07 Å². The van der Waals surface area contributed by atoms with Gasteiger partial charge in [-0.2, -0.15) is 5.26 Å². The van der Waals surface area contributed by atoms with Crippen molar-refractivity contribution in [1.82, 2.24) is 4.90 Å². The predicted octanol–water partition coefficient (Wildman–Crippen LogP) is 2.98. The molecule has 0 bridgehead atoms. The predicted molar refractivity (Wildman–Crippen MR) is 79.0 cm³/mol. The van der Waals surface area contributed by atoms with Crippen LogP contribution in [0, 0.1) is 23.2 Å². The van der Waals surface area contributed by atoms with Gasteiger partial charge in [-0.1, -0.05) is 0 Å². The molecule has 1 fully saturated rings. The highest BCUT2D eigenvalue weighted by Crippen LogP contribution is 2.27. The highest BCUT2D eigenvalue weighted by molar-refractivity contribution is 5.75. The summed E-state index contributed by atoms with van der Waals surface area (Å²) in [6.07, 6.45) is 3.92. The van der Waals surface area contributed by atoms with Crippen LogP contribution in [0.15, 0.2) is 0 Å². The fourth-order valence-corrected chi connectivity index (χ4v) is 2.77. The first-order valence-electron chi connectivity index (χ1n) is 7.69. The average molecular weight is 280 g/mol. The van der Waals surface area contributed by atoms with Crippen LogP contribution in [0.3, 0.4) is 0 Å². The lowest BCUT2D eigenvalue weighted by molar-refractivity contribution is -0.146. The number of rotatable bonds is 5. The summed E-state index contributed by atoms with van der Waals surface area (Å²) in [6.45, 7) is 11.1. The summed E-state index contributed by atoms with van der Waals surface area (Å²) >= 11 is 0. The van der Waals surface area contributed by atoms with Crippen LogP contribution in [0.2, 0.25) is 0 Å².